The molecule has 0 unspecified atom stereocenters. The number of carbonyl (C=O) groups is 1. The van der Waals surface area contributed by atoms with Crippen LogP contribution in [0.25, 0.3) is 11.1 Å². The van der Waals surface area contributed by atoms with Crippen LogP contribution >= 0.6 is 0 Å². The van der Waals surface area contributed by atoms with E-state index in [0.717, 1.165) is 22.3 Å². The molecule has 0 radical (unpaired) electrons. The van der Waals surface area contributed by atoms with E-state index < -0.39 is 61.0 Å². The van der Waals surface area contributed by atoms with Gasteiger partial charge in [0, 0.05) is 17.7 Å². The first-order chi connectivity index (χ1) is 23.0. The number of hydrogen-bond donors (Lipinski definition) is 6. The molecule has 252 valence electrons. The monoisotopic (exact) mass is 657 g/mol. The van der Waals surface area contributed by atoms with Gasteiger partial charge in [-0.25, -0.2) is 4.39 Å². The summed E-state index contributed by atoms with van der Waals surface area (Å²) in [4.78, 5) is 15.2. The number of aromatic hydroxyl groups is 1. The molecule has 8 atom stereocenters. The summed E-state index contributed by atoms with van der Waals surface area (Å²) in [6, 6.07) is 25.5. The average Bonchev–Trinajstić information content (AvgIpc) is 3.09. The molecule has 0 saturated carbocycles. The third-order valence-corrected chi connectivity index (χ3v) is 9.60. The van der Waals surface area contributed by atoms with E-state index in [-0.39, 0.29) is 24.5 Å². The lowest BCUT2D eigenvalue weighted by molar-refractivity contribution is -0.228. The maximum Gasteiger partial charge on any atom is 0.233 e. The first-order valence-corrected chi connectivity index (χ1v) is 16.1. The number of anilines is 1. The summed E-state index contributed by atoms with van der Waals surface area (Å²) in [5.41, 5.74) is 5.27. The Morgan fingerprint density at radius 1 is 0.833 bits per heavy atom. The van der Waals surface area contributed by atoms with E-state index in [9.17, 15) is 39.8 Å². The smallest absolute Gasteiger partial charge is 0.233 e. The number of amides is 1. The van der Waals surface area contributed by atoms with Gasteiger partial charge >= 0.3 is 0 Å². The zero-order chi connectivity index (χ0) is 34.1. The predicted octanol–water partition coefficient (Wildman–Crippen LogP) is 4.11. The molecule has 4 aromatic carbocycles. The van der Waals surface area contributed by atoms with Gasteiger partial charge in [-0.15, -0.1) is 0 Å². The molecule has 6 rings (SSSR count). The molecule has 2 aliphatic heterocycles. The zero-order valence-electron chi connectivity index (χ0n) is 26.4. The Bertz CT molecular complexity index is 1710. The summed E-state index contributed by atoms with van der Waals surface area (Å²) in [7, 11) is 0. The predicted molar refractivity (Wildman–Crippen MR) is 177 cm³/mol. The van der Waals surface area contributed by atoms with Crippen LogP contribution in [0.5, 0.6) is 5.75 Å². The van der Waals surface area contributed by atoms with Crippen LogP contribution in [0, 0.1) is 18.7 Å². The number of nitrogens with zero attached hydrogens (tertiary/aromatic N) is 1. The van der Waals surface area contributed by atoms with Crippen molar-refractivity contribution in [3.05, 3.63) is 119 Å². The van der Waals surface area contributed by atoms with Gasteiger partial charge in [0.25, 0.3) is 0 Å². The molecule has 4 aromatic rings. The van der Waals surface area contributed by atoms with Crippen LogP contribution in [0.2, 0.25) is 0 Å². The standard InChI is InChI=1S/C38H40FNO8/c1-21-2-13-27(14-3-21)40-34(29(38(40)47)16-17-30(42)24-8-11-26(39)12-9-24)28-15-10-25(19-31(28)43)23-6-4-22(5-7-23)18-32-35(44)37(46)36(45)33(20-41)48-32/h2-15,19,29-30,32-37,41-46H,16-18,20H2,1H3/t29-,30+,32+,33-,34-,35+,36-,37-/m1/s1. The minimum Gasteiger partial charge on any atom is -0.508 e. The number of aryl methyl sites for hydroxylation is 1. The fourth-order valence-corrected chi connectivity index (χ4v) is 6.75. The molecule has 2 aliphatic rings. The van der Waals surface area contributed by atoms with Crippen LogP contribution in [0.1, 0.15) is 47.2 Å². The number of benzene rings is 4. The Morgan fingerprint density at radius 2 is 1.48 bits per heavy atom. The fourth-order valence-electron chi connectivity index (χ4n) is 6.75. The van der Waals surface area contributed by atoms with Crippen molar-refractivity contribution in [3.8, 4) is 16.9 Å². The molecule has 10 heteroatoms. The summed E-state index contributed by atoms with van der Waals surface area (Å²) >= 11 is 0. The number of aliphatic hydroxyl groups excluding tert-OH is 5. The van der Waals surface area contributed by atoms with Gasteiger partial charge < -0.3 is 40.3 Å². The van der Waals surface area contributed by atoms with Crippen molar-refractivity contribution < 1.29 is 44.6 Å². The summed E-state index contributed by atoms with van der Waals surface area (Å²) in [6.45, 7) is 1.47. The third kappa shape index (κ3) is 6.73. The van der Waals surface area contributed by atoms with Gasteiger partial charge in [0.05, 0.1) is 30.8 Å². The molecule has 0 aromatic heterocycles. The third-order valence-electron chi connectivity index (χ3n) is 9.60. The lowest BCUT2D eigenvalue weighted by Crippen LogP contribution is -2.58. The van der Waals surface area contributed by atoms with Crippen LogP contribution < -0.4 is 4.90 Å². The SMILES string of the molecule is Cc1ccc(N2C(=O)[C@H](CC[C@H](O)c3ccc(F)cc3)[C@H]2c2ccc(-c3ccc(C[C@@H]4O[C@H](CO)[C@@H](O)[C@H](O)[C@H]4O)cc3)cc2O)cc1. The molecule has 1 amide bonds. The van der Waals surface area contributed by atoms with Crippen molar-refractivity contribution in [2.45, 2.75) is 68.9 Å². The van der Waals surface area contributed by atoms with E-state index in [4.69, 9.17) is 4.74 Å². The average molecular weight is 658 g/mol. The van der Waals surface area contributed by atoms with Gasteiger partial charge in [0.15, 0.2) is 0 Å². The highest BCUT2D eigenvalue weighted by atomic mass is 19.1. The number of carbonyl (C=O) groups excluding carboxylic acids is 1. The Hall–Kier alpha value is -4.16. The van der Waals surface area contributed by atoms with Crippen LogP contribution in [-0.2, 0) is 16.0 Å². The summed E-state index contributed by atoms with van der Waals surface area (Å²) in [6.07, 6.45) is -5.93. The lowest BCUT2D eigenvalue weighted by Gasteiger charge is -2.48. The number of β-lactam (4-membered cyclic amide) rings is 1. The Labute approximate surface area is 278 Å². The van der Waals surface area contributed by atoms with Crippen LogP contribution in [0.3, 0.4) is 0 Å². The van der Waals surface area contributed by atoms with Gasteiger partial charge in [-0.2, -0.15) is 0 Å². The first kappa shape index (κ1) is 33.7. The number of phenols is 1. The van der Waals surface area contributed by atoms with Crippen molar-refractivity contribution in [1.82, 2.24) is 0 Å². The quantitative estimate of drug-likeness (QED) is 0.140. The second kappa shape index (κ2) is 14.1. The summed E-state index contributed by atoms with van der Waals surface area (Å²) in [5.74, 6) is -0.957. The molecule has 48 heavy (non-hydrogen) atoms. The Kier molecular flexibility index (Phi) is 9.93. The fraction of sp³-hybridized carbons (Fsp3) is 0.342. The van der Waals surface area contributed by atoms with Crippen molar-refractivity contribution in [2.75, 3.05) is 11.5 Å². The minimum atomic E-state index is -1.44. The number of aliphatic hydroxyl groups is 5. The Balaban J connectivity index is 1.20. The van der Waals surface area contributed by atoms with E-state index >= 15 is 0 Å². The maximum absolute atomic E-state index is 13.5. The number of hydrogen-bond acceptors (Lipinski definition) is 8. The molecule has 0 aliphatic carbocycles. The number of halogens is 1. The molecular formula is C38H40FNO8. The highest BCUT2D eigenvalue weighted by Gasteiger charge is 2.49. The van der Waals surface area contributed by atoms with E-state index in [0.29, 0.717) is 23.2 Å². The zero-order valence-corrected chi connectivity index (χ0v) is 26.4. The van der Waals surface area contributed by atoms with E-state index in [2.05, 4.69) is 0 Å². The molecule has 2 saturated heterocycles. The van der Waals surface area contributed by atoms with Crippen molar-refractivity contribution >= 4 is 11.6 Å². The summed E-state index contributed by atoms with van der Waals surface area (Å²) in [5, 5.41) is 62.2. The van der Waals surface area contributed by atoms with Gasteiger partial charge in [-0.3, -0.25) is 4.79 Å². The van der Waals surface area contributed by atoms with Crippen LogP contribution in [0.15, 0.2) is 91.0 Å². The molecular weight excluding hydrogens is 617 g/mol. The van der Waals surface area contributed by atoms with E-state index in [1.807, 2.05) is 67.6 Å². The first-order valence-electron chi connectivity index (χ1n) is 16.1. The second-order valence-electron chi connectivity index (χ2n) is 12.8. The van der Waals surface area contributed by atoms with Crippen molar-refractivity contribution in [1.29, 1.82) is 0 Å². The highest BCUT2D eigenvalue weighted by molar-refractivity contribution is 6.03. The molecule has 6 N–H and O–H groups in total. The second-order valence-corrected chi connectivity index (χ2v) is 12.8. The largest absolute Gasteiger partial charge is 0.508 e. The Morgan fingerprint density at radius 3 is 2.12 bits per heavy atom. The lowest BCUT2D eigenvalue weighted by atomic mass is 9.77. The molecule has 2 heterocycles. The topological polar surface area (TPSA) is 151 Å². The van der Waals surface area contributed by atoms with Crippen molar-refractivity contribution in [3.63, 3.8) is 0 Å². The highest BCUT2D eigenvalue weighted by Crippen LogP contribution is 2.49. The molecule has 2 fully saturated rings. The number of ether oxygens (including phenoxy) is 1. The minimum absolute atomic E-state index is 0.0246. The number of phenolic OH excluding ortho intramolecular Hbond substituents is 1. The van der Waals surface area contributed by atoms with E-state index in [1.54, 1.807) is 11.0 Å². The molecule has 0 bridgehead atoms. The van der Waals surface area contributed by atoms with Gasteiger partial charge in [0.1, 0.15) is 36.0 Å². The van der Waals surface area contributed by atoms with Gasteiger partial charge in [0.2, 0.25) is 5.91 Å². The molecule has 9 nitrogen and oxygen atoms in total. The van der Waals surface area contributed by atoms with Gasteiger partial charge in [-0.05, 0) is 72.4 Å². The molecule has 0 spiro atoms. The van der Waals surface area contributed by atoms with Crippen LogP contribution in [0.4, 0.5) is 10.1 Å². The van der Waals surface area contributed by atoms with Crippen molar-refractivity contribution in [2.24, 2.45) is 5.92 Å². The van der Waals surface area contributed by atoms with E-state index in [1.165, 1.54) is 24.3 Å². The van der Waals surface area contributed by atoms with Gasteiger partial charge in [-0.1, -0.05) is 66.2 Å². The maximum atomic E-state index is 13.5. The summed E-state index contributed by atoms with van der Waals surface area (Å²) < 4.78 is 19.0. The normalized spacial score (nSPS) is 26.3. The van der Waals surface area contributed by atoms with Crippen LogP contribution in [-0.4, -0.2) is 73.7 Å². The number of rotatable bonds is 10.